The molecule has 0 amide bonds. The van der Waals surface area contributed by atoms with E-state index >= 15 is 0 Å². The number of carbonyl (C=O) groups is 1. The highest BCUT2D eigenvalue weighted by molar-refractivity contribution is 7.89. The number of sulfonamides is 1. The van der Waals surface area contributed by atoms with E-state index in [1.807, 2.05) is 0 Å². The lowest BCUT2D eigenvalue weighted by Gasteiger charge is -2.36. The van der Waals surface area contributed by atoms with Crippen molar-refractivity contribution in [3.8, 4) is 0 Å². The first-order valence-corrected chi connectivity index (χ1v) is 7.89. The Kier molecular flexibility index (Phi) is 4.78. The molecule has 0 heterocycles. The van der Waals surface area contributed by atoms with Crippen LogP contribution in [0.1, 0.15) is 52.9 Å². The maximum absolute atomic E-state index is 12.5. The number of nitrogens with zero attached hydrogens (tertiary/aromatic N) is 1. The first kappa shape index (κ1) is 15.4. The van der Waals surface area contributed by atoms with Crippen LogP contribution in [0.3, 0.4) is 0 Å². The number of rotatable bonds is 5. The standard InChI is InChI=1S/C12H23NO4S/c1-12(2,3)13(9-8-11(14)15)18(16,17)10-6-4-5-7-10/h10H,4-9H2,1-3H3,(H,14,15). The van der Waals surface area contributed by atoms with Crippen LogP contribution in [0.2, 0.25) is 0 Å². The third-order valence-corrected chi connectivity index (χ3v) is 5.97. The van der Waals surface area contributed by atoms with Crippen LogP contribution in [0.15, 0.2) is 0 Å². The topological polar surface area (TPSA) is 74.7 Å². The molecule has 1 aliphatic rings. The molecule has 0 atom stereocenters. The summed E-state index contributed by atoms with van der Waals surface area (Å²) in [6.45, 7) is 5.47. The molecule has 0 aromatic heterocycles. The van der Waals surface area contributed by atoms with Crippen molar-refractivity contribution in [3.63, 3.8) is 0 Å². The van der Waals surface area contributed by atoms with Gasteiger partial charge in [0.15, 0.2) is 0 Å². The van der Waals surface area contributed by atoms with Gasteiger partial charge in [0.1, 0.15) is 0 Å². The molecule has 106 valence electrons. The fraction of sp³-hybridized carbons (Fsp3) is 0.917. The maximum atomic E-state index is 12.5. The summed E-state index contributed by atoms with van der Waals surface area (Å²) in [6, 6.07) is 0. The van der Waals surface area contributed by atoms with Gasteiger partial charge in [-0.2, -0.15) is 4.31 Å². The van der Waals surface area contributed by atoms with E-state index in [1.54, 1.807) is 20.8 Å². The Morgan fingerprint density at radius 3 is 2.17 bits per heavy atom. The van der Waals surface area contributed by atoms with Gasteiger partial charge in [0.2, 0.25) is 10.0 Å². The second kappa shape index (κ2) is 5.57. The van der Waals surface area contributed by atoms with E-state index in [0.29, 0.717) is 12.8 Å². The second-order valence-electron chi connectivity index (χ2n) is 5.84. The molecule has 1 aliphatic carbocycles. The minimum Gasteiger partial charge on any atom is -0.481 e. The molecule has 6 heteroatoms. The van der Waals surface area contributed by atoms with Gasteiger partial charge in [0.05, 0.1) is 11.7 Å². The van der Waals surface area contributed by atoms with Crippen molar-refractivity contribution in [2.75, 3.05) is 6.54 Å². The molecule has 0 aromatic carbocycles. The Bertz CT molecular complexity index is 391. The third-order valence-electron chi connectivity index (χ3n) is 3.31. The molecule has 0 radical (unpaired) electrons. The van der Waals surface area contributed by atoms with Crippen LogP contribution in [0, 0.1) is 0 Å². The molecular formula is C12H23NO4S. The zero-order chi connectivity index (χ0) is 14.0. The van der Waals surface area contributed by atoms with Crippen LogP contribution in [0.25, 0.3) is 0 Å². The summed E-state index contributed by atoms with van der Waals surface area (Å²) in [7, 11) is -3.38. The van der Waals surface area contributed by atoms with Crippen molar-refractivity contribution >= 4 is 16.0 Å². The number of carboxylic acid groups (broad SMARTS) is 1. The molecule has 0 saturated heterocycles. The van der Waals surface area contributed by atoms with Crippen molar-refractivity contribution in [3.05, 3.63) is 0 Å². The molecule has 0 aromatic rings. The van der Waals surface area contributed by atoms with Gasteiger partial charge < -0.3 is 5.11 Å². The van der Waals surface area contributed by atoms with E-state index in [-0.39, 0.29) is 18.2 Å². The van der Waals surface area contributed by atoms with Crippen LogP contribution < -0.4 is 0 Å². The van der Waals surface area contributed by atoms with E-state index in [2.05, 4.69) is 0 Å². The fourth-order valence-electron chi connectivity index (χ4n) is 2.41. The first-order valence-electron chi connectivity index (χ1n) is 6.39. The Hall–Kier alpha value is -0.620. The van der Waals surface area contributed by atoms with Crippen molar-refractivity contribution in [2.45, 2.75) is 63.7 Å². The fourth-order valence-corrected chi connectivity index (χ4v) is 4.81. The van der Waals surface area contributed by atoms with Crippen LogP contribution in [0.5, 0.6) is 0 Å². The molecule has 0 spiro atoms. The summed E-state index contributed by atoms with van der Waals surface area (Å²) < 4.78 is 26.4. The van der Waals surface area contributed by atoms with E-state index in [0.717, 1.165) is 12.8 Å². The highest BCUT2D eigenvalue weighted by Crippen LogP contribution is 2.30. The van der Waals surface area contributed by atoms with Crippen molar-refractivity contribution in [1.29, 1.82) is 0 Å². The van der Waals surface area contributed by atoms with Gasteiger partial charge in [0, 0.05) is 12.1 Å². The molecule has 1 fully saturated rings. The summed E-state index contributed by atoms with van der Waals surface area (Å²) in [4.78, 5) is 10.7. The van der Waals surface area contributed by atoms with Crippen molar-refractivity contribution < 1.29 is 18.3 Å². The normalized spacial score (nSPS) is 18.4. The number of aliphatic carboxylic acids is 1. The SMILES string of the molecule is CC(C)(C)N(CCC(=O)O)S(=O)(=O)C1CCCC1. The Balaban J connectivity index is 2.91. The molecule has 0 bridgehead atoms. The number of hydrogen-bond acceptors (Lipinski definition) is 3. The van der Waals surface area contributed by atoms with Gasteiger partial charge in [-0.05, 0) is 33.6 Å². The molecule has 1 N–H and O–H groups in total. The van der Waals surface area contributed by atoms with Crippen LogP contribution in [0.4, 0.5) is 0 Å². The molecule has 1 saturated carbocycles. The van der Waals surface area contributed by atoms with E-state index in [9.17, 15) is 13.2 Å². The predicted molar refractivity (Wildman–Crippen MR) is 69.9 cm³/mol. The Morgan fingerprint density at radius 2 is 1.78 bits per heavy atom. The third kappa shape index (κ3) is 3.68. The summed E-state index contributed by atoms with van der Waals surface area (Å²) >= 11 is 0. The smallest absolute Gasteiger partial charge is 0.304 e. The zero-order valence-electron chi connectivity index (χ0n) is 11.3. The van der Waals surface area contributed by atoms with Crippen LogP contribution in [-0.4, -0.2) is 41.1 Å². The second-order valence-corrected chi connectivity index (χ2v) is 7.98. The highest BCUT2D eigenvalue weighted by Gasteiger charge is 2.39. The van der Waals surface area contributed by atoms with Crippen LogP contribution >= 0.6 is 0 Å². The molecule has 0 unspecified atom stereocenters. The number of hydrogen-bond donors (Lipinski definition) is 1. The predicted octanol–water partition coefficient (Wildman–Crippen LogP) is 1.83. The van der Waals surface area contributed by atoms with Gasteiger partial charge in [-0.1, -0.05) is 12.8 Å². The van der Waals surface area contributed by atoms with Crippen LogP contribution in [-0.2, 0) is 14.8 Å². The first-order chi connectivity index (χ1) is 8.15. The lowest BCUT2D eigenvalue weighted by Crippen LogP contribution is -2.49. The van der Waals surface area contributed by atoms with Gasteiger partial charge >= 0.3 is 5.97 Å². The summed E-state index contributed by atoms with van der Waals surface area (Å²) in [5.74, 6) is -0.967. The van der Waals surface area contributed by atoms with Gasteiger partial charge in [-0.25, -0.2) is 8.42 Å². The maximum Gasteiger partial charge on any atom is 0.304 e. The molecule has 1 rings (SSSR count). The molecule has 5 nitrogen and oxygen atoms in total. The molecular weight excluding hydrogens is 254 g/mol. The Morgan fingerprint density at radius 1 is 1.28 bits per heavy atom. The van der Waals surface area contributed by atoms with E-state index < -0.39 is 21.5 Å². The zero-order valence-corrected chi connectivity index (χ0v) is 12.2. The average molecular weight is 277 g/mol. The van der Waals surface area contributed by atoms with Gasteiger partial charge in [-0.3, -0.25) is 4.79 Å². The van der Waals surface area contributed by atoms with Gasteiger partial charge in [-0.15, -0.1) is 0 Å². The summed E-state index contributed by atoms with van der Waals surface area (Å²) in [5, 5.41) is 8.41. The Labute approximate surface area is 109 Å². The van der Waals surface area contributed by atoms with Crippen molar-refractivity contribution in [1.82, 2.24) is 4.31 Å². The van der Waals surface area contributed by atoms with Gasteiger partial charge in [0.25, 0.3) is 0 Å². The summed E-state index contributed by atoms with van der Waals surface area (Å²) in [5.41, 5.74) is -0.573. The minimum absolute atomic E-state index is 0.0532. The molecule has 0 aliphatic heterocycles. The number of carboxylic acids is 1. The highest BCUT2D eigenvalue weighted by atomic mass is 32.2. The quantitative estimate of drug-likeness (QED) is 0.832. The largest absolute Gasteiger partial charge is 0.481 e. The lowest BCUT2D eigenvalue weighted by molar-refractivity contribution is -0.137. The van der Waals surface area contributed by atoms with E-state index in [1.165, 1.54) is 4.31 Å². The van der Waals surface area contributed by atoms with Crippen molar-refractivity contribution in [2.24, 2.45) is 0 Å². The summed E-state index contributed by atoms with van der Waals surface area (Å²) in [6.07, 6.45) is 3.13. The minimum atomic E-state index is -3.38. The average Bonchev–Trinajstić information content (AvgIpc) is 2.67. The van der Waals surface area contributed by atoms with E-state index in [4.69, 9.17) is 5.11 Å². The lowest BCUT2D eigenvalue weighted by atomic mass is 10.1. The monoisotopic (exact) mass is 277 g/mol. The molecule has 18 heavy (non-hydrogen) atoms.